The minimum Gasteiger partial charge on any atom is -0.480 e. The number of carboxylic acids is 5. The molecule has 7 rings (SSSR count). The van der Waals surface area contributed by atoms with Crippen molar-refractivity contribution >= 4 is 125 Å². The molecule has 5 aliphatic rings. The molecule has 694 valence electrons. The SMILES string of the molecule is CC(C)C(=O)NC(=N)N1CC(CCCB(O)O)C(N)(C(=O)O)C1.CC(C)C(N)C(=O)NC(=N)N1CC(CCCB(O)O)C(N)(C(=O)O)C1.NC(=NC(=O)C(N)Cc1ccccc1)N1CC(CCCB(O)O)C(N)(C(=O)O)C1.NC(=NC(=O)c1ccccc1)N1CC(CCCB(O)O)C(N)(C(=O)O)C1.NCC(=O)N=C(N)N1CC(CCCB(O)O)C(N)(C(=O)O)C1. The van der Waals surface area contributed by atoms with Gasteiger partial charge >= 0.3 is 65.4 Å². The zero-order chi connectivity index (χ0) is 95.0. The lowest BCUT2D eigenvalue weighted by Gasteiger charge is -2.25. The van der Waals surface area contributed by atoms with Gasteiger partial charge in [-0.05, 0) is 93.7 Å². The van der Waals surface area contributed by atoms with Gasteiger partial charge in [0.15, 0.2) is 29.8 Å². The Kier molecular flexibility index (Phi) is 44.1. The van der Waals surface area contributed by atoms with E-state index in [0.717, 1.165) is 5.56 Å². The summed E-state index contributed by atoms with van der Waals surface area (Å²) in [5.74, 6) is -11.9. The smallest absolute Gasteiger partial charge is 0.451 e. The maximum absolute atomic E-state index is 12.3. The Labute approximate surface area is 724 Å². The van der Waals surface area contributed by atoms with E-state index in [1.807, 2.05) is 30.3 Å². The normalized spacial score (nSPS) is 23.9. The van der Waals surface area contributed by atoms with Crippen LogP contribution in [-0.4, -0.2) is 337 Å². The third kappa shape index (κ3) is 33.4. The van der Waals surface area contributed by atoms with Gasteiger partial charge in [-0.3, -0.25) is 69.4 Å². The summed E-state index contributed by atoms with van der Waals surface area (Å²) in [6.45, 7) is 7.24. The van der Waals surface area contributed by atoms with Gasteiger partial charge in [0.25, 0.3) is 17.7 Å². The molecule has 5 fully saturated rings. The Morgan fingerprint density at radius 3 is 0.984 bits per heavy atom. The summed E-state index contributed by atoms with van der Waals surface area (Å²) in [4.78, 5) is 136. The number of nitrogens with two attached hydrogens (primary N) is 11. The van der Waals surface area contributed by atoms with E-state index in [-0.39, 0.29) is 151 Å². The minimum atomic E-state index is -1.57. The third-order valence-corrected chi connectivity index (χ3v) is 22.3. The summed E-state index contributed by atoms with van der Waals surface area (Å²) in [6, 6.07) is 16.0. The number of guanidine groups is 5. The van der Waals surface area contributed by atoms with Gasteiger partial charge in [-0.25, -0.2) is 0 Å². The minimum absolute atomic E-state index is 0.0773. The highest BCUT2D eigenvalue weighted by Gasteiger charge is 2.55. The molecule has 5 amide bonds. The molecule has 125 heavy (non-hydrogen) atoms. The van der Waals surface area contributed by atoms with Gasteiger partial charge in [0.1, 0.15) is 27.7 Å². The summed E-state index contributed by atoms with van der Waals surface area (Å²) in [7, 11) is -7.24. The van der Waals surface area contributed by atoms with E-state index in [4.69, 9.17) is 124 Å². The highest BCUT2D eigenvalue weighted by Crippen LogP contribution is 2.36. The second kappa shape index (κ2) is 50.4. The number of nitrogens with zero attached hydrogens (tertiary/aromatic N) is 8. The lowest BCUT2D eigenvalue weighted by Crippen LogP contribution is -2.56. The van der Waals surface area contributed by atoms with Crippen LogP contribution in [0.2, 0.25) is 31.6 Å². The van der Waals surface area contributed by atoms with Crippen LogP contribution in [0.4, 0.5) is 0 Å². The van der Waals surface area contributed by atoms with E-state index in [1.54, 1.807) is 58.0 Å². The van der Waals surface area contributed by atoms with Crippen LogP contribution in [0.3, 0.4) is 0 Å². The van der Waals surface area contributed by atoms with Gasteiger partial charge < -0.3 is 163 Å². The number of carboxylic acid groups (broad SMARTS) is 5. The van der Waals surface area contributed by atoms with Gasteiger partial charge in [0.05, 0.1) is 18.6 Å². The summed E-state index contributed by atoms with van der Waals surface area (Å²) in [5, 5.41) is 157. The number of benzene rings is 2. The van der Waals surface area contributed by atoms with Crippen molar-refractivity contribution in [1.82, 2.24) is 35.1 Å². The lowest BCUT2D eigenvalue weighted by atomic mass is 9.78. The van der Waals surface area contributed by atoms with Crippen molar-refractivity contribution in [2.75, 3.05) is 72.0 Å². The largest absolute Gasteiger partial charge is 0.480 e. The number of aliphatic imine (C=N–C) groups is 3. The van der Waals surface area contributed by atoms with Gasteiger partial charge in [-0.1, -0.05) is 108 Å². The number of amides is 5. The molecular weight excluding hydrogens is 1640 g/mol. The monoisotopic (exact) mass is 1770 g/mol. The van der Waals surface area contributed by atoms with Crippen LogP contribution in [0.5, 0.6) is 0 Å². The standard InChI is InChI=1S/C18H28BN5O5.C16H23BN4O5.C14H28BN5O5.C13H25BN4O5.C11H22BN5O5/c20-14(9-12-5-2-1-3-6-12)15(25)23-17(21)24-10-13(7-4-8-19(28)29)18(22,11-24)16(26)27;18-15(20-13(22)11-5-2-1-3-6-11)21-9-12(7-4-8-17(25)26)16(19,10-21)14(23)24;1-8(2)10(16)11(21)19-13(17)20-6-9(4-3-5-15(24)25)14(18,7-20)12(22)23;1-8(2)10(19)17-12(15)18-6-9(4-3-5-14(22)23)13(16,7-18)11(20)21;13-4-8(18)16-10(14)17-5-7(2-1-3-12(21)22)11(15,6-17)9(19)20/h1-3,5-6,13-14,28-29H,4,7-11,20,22H2,(H,26,27)(H2,21,23,25);1-3,5-6,12,25-26H,4,7-10,19H2,(H,23,24)(H2,18,20,22);8-10,24-25H,3-7,16,18H2,1-2H3,(H,22,23)(H2,17,19,21);8-9,22-23H,3-7,16H2,1-2H3,(H,20,21)(H2,15,17,19);7,21-22H,1-6,13,15H2,(H,19,20)(H2,14,16,18). The molecule has 12 unspecified atom stereocenters. The fraction of sp³-hybridized carbons (Fsp3) is 0.625. The summed E-state index contributed by atoms with van der Waals surface area (Å²) in [6.07, 6.45) is 4.81. The predicted octanol–water partition coefficient (Wildman–Crippen LogP) is -9.13. The van der Waals surface area contributed by atoms with Crippen molar-refractivity contribution in [3.05, 3.63) is 71.8 Å². The maximum atomic E-state index is 12.3. The van der Waals surface area contributed by atoms with Gasteiger partial charge in [-0.15, -0.1) is 0 Å². The van der Waals surface area contributed by atoms with E-state index < -0.39 is 158 Å². The Balaban J connectivity index is 0.000000405. The van der Waals surface area contributed by atoms with Crippen LogP contribution in [0, 0.1) is 52.2 Å². The first-order valence-corrected chi connectivity index (χ1v) is 40.5. The molecule has 5 heterocycles. The average Bonchev–Trinajstić information content (AvgIpc) is 1.67. The van der Waals surface area contributed by atoms with E-state index in [1.165, 1.54) is 24.5 Å². The molecule has 0 radical (unpaired) electrons. The topological polar surface area (TPSA) is 885 Å². The van der Waals surface area contributed by atoms with E-state index in [9.17, 15) is 73.5 Å². The molecule has 53 heteroatoms. The van der Waals surface area contributed by atoms with Gasteiger partial charge in [0, 0.05) is 107 Å². The Hall–Kier alpha value is -9.91. The summed E-state index contributed by atoms with van der Waals surface area (Å²) in [5.41, 5.74) is 58.0. The molecule has 0 spiro atoms. The van der Waals surface area contributed by atoms with E-state index in [2.05, 4.69) is 25.6 Å². The van der Waals surface area contributed by atoms with Crippen LogP contribution in [0.15, 0.2) is 75.6 Å². The van der Waals surface area contributed by atoms with E-state index >= 15 is 0 Å². The van der Waals surface area contributed by atoms with E-state index in [0.29, 0.717) is 76.2 Å². The van der Waals surface area contributed by atoms with Crippen molar-refractivity contribution in [3.63, 3.8) is 0 Å². The third-order valence-electron chi connectivity index (χ3n) is 22.3. The summed E-state index contributed by atoms with van der Waals surface area (Å²) < 4.78 is 0. The average molecular weight is 1770 g/mol. The highest BCUT2D eigenvalue weighted by molar-refractivity contribution is 6.42. The number of likely N-dealkylation sites (tertiary alicyclic amines) is 5. The first kappa shape index (κ1) is 109. The second-order valence-electron chi connectivity index (χ2n) is 32.6. The zero-order valence-electron chi connectivity index (χ0n) is 70.7. The molecule has 2 aromatic rings. The van der Waals surface area contributed by atoms with Gasteiger partial charge in [0.2, 0.25) is 11.8 Å². The van der Waals surface area contributed by atoms with Crippen LogP contribution in [0.1, 0.15) is 108 Å². The van der Waals surface area contributed by atoms with Crippen LogP contribution in [-0.2, 0) is 49.6 Å². The Morgan fingerprint density at radius 2 is 0.704 bits per heavy atom. The first-order valence-electron chi connectivity index (χ1n) is 40.5. The number of rotatable bonds is 33. The molecule has 5 aliphatic heterocycles. The molecule has 0 aromatic heterocycles. The van der Waals surface area contributed by atoms with Crippen LogP contribution in [0.25, 0.3) is 0 Å². The lowest BCUT2D eigenvalue weighted by molar-refractivity contribution is -0.145. The molecule has 12 atom stereocenters. The molecule has 2 aromatic carbocycles. The Bertz CT molecular complexity index is 4030. The second-order valence-corrected chi connectivity index (χ2v) is 32.6. The van der Waals surface area contributed by atoms with Crippen molar-refractivity contribution in [2.24, 2.45) is 119 Å². The number of hydrogen-bond donors (Lipinski definition) is 30. The summed E-state index contributed by atoms with van der Waals surface area (Å²) >= 11 is 0. The number of carbonyl (C=O) groups is 10. The van der Waals surface area contributed by atoms with Gasteiger partial charge in [-0.2, -0.15) is 15.0 Å². The number of hydrogen-bond acceptors (Lipinski definition) is 30. The molecule has 5 saturated heterocycles. The highest BCUT2D eigenvalue weighted by atomic mass is 16.4. The van der Waals surface area contributed by atoms with Crippen molar-refractivity contribution in [1.29, 1.82) is 10.8 Å². The quantitative estimate of drug-likeness (QED) is 0.0179. The maximum Gasteiger partial charge on any atom is 0.451 e. The number of aliphatic carboxylic acids is 5. The molecule has 48 nitrogen and oxygen atoms in total. The molecular formula is C72H126B5N23O25. The van der Waals surface area contributed by atoms with Crippen LogP contribution >= 0.6 is 0 Å². The van der Waals surface area contributed by atoms with Crippen molar-refractivity contribution in [2.45, 2.75) is 170 Å². The first-order chi connectivity index (χ1) is 58.1. The fourth-order valence-electron chi connectivity index (χ4n) is 14.5. The zero-order valence-corrected chi connectivity index (χ0v) is 70.7. The molecule has 0 bridgehead atoms. The Morgan fingerprint density at radius 1 is 0.432 bits per heavy atom. The van der Waals surface area contributed by atoms with Crippen molar-refractivity contribution < 1.29 is 124 Å². The fourth-order valence-corrected chi connectivity index (χ4v) is 14.5. The van der Waals surface area contributed by atoms with Crippen molar-refractivity contribution in [3.8, 4) is 0 Å². The number of nitrogens with one attached hydrogen (secondary N) is 4. The van der Waals surface area contributed by atoms with Crippen LogP contribution < -0.4 is 73.7 Å². The molecule has 0 saturated carbocycles. The predicted molar refractivity (Wildman–Crippen MR) is 461 cm³/mol. The molecule has 41 N–H and O–H groups in total. The molecule has 0 aliphatic carbocycles. The number of carbonyl (C=O) groups excluding carboxylic acids is 5.